The van der Waals surface area contributed by atoms with E-state index in [-0.39, 0.29) is 0 Å². The molecule has 21 heavy (non-hydrogen) atoms. The van der Waals surface area contributed by atoms with E-state index in [1.165, 1.54) is 6.42 Å². The SMILES string of the molecule is NCCCN1CCCN(c2ncnc3ccccc23)CC1. The van der Waals surface area contributed by atoms with Crippen molar-refractivity contribution in [2.75, 3.05) is 44.2 Å². The maximum absolute atomic E-state index is 5.61. The molecule has 0 aliphatic carbocycles. The van der Waals surface area contributed by atoms with Gasteiger partial charge in [0.05, 0.1) is 5.52 Å². The van der Waals surface area contributed by atoms with Crippen LogP contribution in [-0.2, 0) is 0 Å². The van der Waals surface area contributed by atoms with Crippen molar-refractivity contribution < 1.29 is 0 Å². The summed E-state index contributed by atoms with van der Waals surface area (Å²) in [5.41, 5.74) is 6.63. The molecule has 0 radical (unpaired) electrons. The van der Waals surface area contributed by atoms with E-state index in [9.17, 15) is 0 Å². The lowest BCUT2D eigenvalue weighted by molar-refractivity contribution is 0.291. The predicted molar refractivity (Wildman–Crippen MR) is 86.5 cm³/mol. The van der Waals surface area contributed by atoms with Crippen LogP contribution in [-0.4, -0.2) is 54.1 Å². The molecule has 1 saturated heterocycles. The number of para-hydroxylation sites is 1. The third-order valence-electron chi connectivity index (χ3n) is 4.09. The molecule has 0 unspecified atom stereocenters. The minimum Gasteiger partial charge on any atom is -0.355 e. The molecule has 3 rings (SSSR count). The average Bonchev–Trinajstić information content (AvgIpc) is 2.78. The topological polar surface area (TPSA) is 58.3 Å². The summed E-state index contributed by atoms with van der Waals surface area (Å²) in [7, 11) is 0. The molecule has 5 nitrogen and oxygen atoms in total. The second-order valence-corrected chi connectivity index (χ2v) is 5.54. The summed E-state index contributed by atoms with van der Waals surface area (Å²) in [4.78, 5) is 13.8. The second kappa shape index (κ2) is 6.83. The van der Waals surface area contributed by atoms with Crippen LogP contribution >= 0.6 is 0 Å². The number of aromatic nitrogens is 2. The molecule has 0 atom stereocenters. The molecule has 5 heteroatoms. The van der Waals surface area contributed by atoms with Gasteiger partial charge in [-0.2, -0.15) is 0 Å². The van der Waals surface area contributed by atoms with Gasteiger partial charge in [0.2, 0.25) is 0 Å². The van der Waals surface area contributed by atoms with Crippen LogP contribution in [0.25, 0.3) is 10.9 Å². The first-order valence-corrected chi connectivity index (χ1v) is 7.75. The zero-order chi connectivity index (χ0) is 14.5. The highest BCUT2D eigenvalue weighted by molar-refractivity contribution is 5.89. The van der Waals surface area contributed by atoms with Crippen molar-refractivity contribution in [3.8, 4) is 0 Å². The summed E-state index contributed by atoms with van der Waals surface area (Å²) in [5.74, 6) is 1.07. The first-order chi connectivity index (χ1) is 10.4. The standard InChI is InChI=1S/C16H23N5/c17-7-3-8-20-9-4-10-21(12-11-20)16-14-5-1-2-6-15(14)18-13-19-16/h1-2,5-6,13H,3-4,7-12,17H2. The molecule has 1 aliphatic heterocycles. The second-order valence-electron chi connectivity index (χ2n) is 5.54. The Morgan fingerprint density at radius 3 is 2.86 bits per heavy atom. The lowest BCUT2D eigenvalue weighted by atomic mass is 10.2. The van der Waals surface area contributed by atoms with Gasteiger partial charge in [0.25, 0.3) is 0 Å². The maximum Gasteiger partial charge on any atom is 0.139 e. The predicted octanol–water partition coefficient (Wildman–Crippen LogP) is 1.49. The van der Waals surface area contributed by atoms with Gasteiger partial charge in [0, 0.05) is 25.0 Å². The molecule has 1 aromatic heterocycles. The highest BCUT2D eigenvalue weighted by atomic mass is 15.2. The Morgan fingerprint density at radius 2 is 1.95 bits per heavy atom. The van der Waals surface area contributed by atoms with E-state index >= 15 is 0 Å². The van der Waals surface area contributed by atoms with Crippen LogP contribution in [0.3, 0.4) is 0 Å². The molecule has 1 fully saturated rings. The molecule has 0 spiro atoms. The first kappa shape index (κ1) is 14.2. The van der Waals surface area contributed by atoms with E-state index in [1.54, 1.807) is 6.33 Å². The fraction of sp³-hybridized carbons (Fsp3) is 0.500. The summed E-state index contributed by atoms with van der Waals surface area (Å²) in [5, 5.41) is 1.15. The van der Waals surface area contributed by atoms with E-state index in [0.29, 0.717) is 0 Å². The van der Waals surface area contributed by atoms with Gasteiger partial charge >= 0.3 is 0 Å². The average molecular weight is 285 g/mol. The van der Waals surface area contributed by atoms with E-state index in [2.05, 4.69) is 31.9 Å². The van der Waals surface area contributed by atoms with Crippen molar-refractivity contribution in [3.05, 3.63) is 30.6 Å². The lowest BCUT2D eigenvalue weighted by Crippen LogP contribution is -2.32. The normalized spacial score (nSPS) is 17.1. The fourth-order valence-electron chi connectivity index (χ4n) is 2.96. The highest BCUT2D eigenvalue weighted by Crippen LogP contribution is 2.23. The Labute approximate surface area is 125 Å². The van der Waals surface area contributed by atoms with Crippen molar-refractivity contribution in [2.45, 2.75) is 12.8 Å². The number of hydrogen-bond donors (Lipinski definition) is 1. The van der Waals surface area contributed by atoms with Gasteiger partial charge in [-0.15, -0.1) is 0 Å². The minimum absolute atomic E-state index is 0.775. The maximum atomic E-state index is 5.61. The fourth-order valence-corrected chi connectivity index (χ4v) is 2.96. The highest BCUT2D eigenvalue weighted by Gasteiger charge is 2.17. The minimum atomic E-state index is 0.775. The van der Waals surface area contributed by atoms with Crippen LogP contribution in [0.1, 0.15) is 12.8 Å². The largest absolute Gasteiger partial charge is 0.355 e. The molecule has 2 aromatic rings. The zero-order valence-corrected chi connectivity index (χ0v) is 12.4. The van der Waals surface area contributed by atoms with Gasteiger partial charge in [-0.25, -0.2) is 9.97 Å². The quantitative estimate of drug-likeness (QED) is 0.922. The first-order valence-electron chi connectivity index (χ1n) is 7.75. The summed E-state index contributed by atoms with van der Waals surface area (Å²) in [6, 6.07) is 8.24. The van der Waals surface area contributed by atoms with E-state index in [1.807, 2.05) is 12.1 Å². The summed E-state index contributed by atoms with van der Waals surface area (Å²) >= 11 is 0. The van der Waals surface area contributed by atoms with Crippen molar-refractivity contribution in [1.29, 1.82) is 0 Å². The van der Waals surface area contributed by atoms with Crippen LogP contribution in [0.5, 0.6) is 0 Å². The molecule has 2 N–H and O–H groups in total. The molecule has 2 heterocycles. The molecule has 1 aliphatic rings. The van der Waals surface area contributed by atoms with Gasteiger partial charge in [0.1, 0.15) is 12.1 Å². The smallest absolute Gasteiger partial charge is 0.139 e. The Hall–Kier alpha value is -1.72. The van der Waals surface area contributed by atoms with Crippen LogP contribution < -0.4 is 10.6 Å². The van der Waals surface area contributed by atoms with Crippen LogP contribution in [0.2, 0.25) is 0 Å². The van der Waals surface area contributed by atoms with Crippen LogP contribution in [0.4, 0.5) is 5.82 Å². The number of anilines is 1. The molecule has 0 bridgehead atoms. The van der Waals surface area contributed by atoms with Gasteiger partial charge in [-0.3, -0.25) is 0 Å². The molecule has 1 aromatic carbocycles. The Bertz CT molecular complexity index is 580. The third-order valence-corrected chi connectivity index (χ3v) is 4.09. The Balaban J connectivity index is 1.77. The van der Waals surface area contributed by atoms with E-state index in [0.717, 1.165) is 62.4 Å². The molecule has 0 amide bonds. The Morgan fingerprint density at radius 1 is 1.05 bits per heavy atom. The number of nitrogens with zero attached hydrogens (tertiary/aromatic N) is 4. The summed E-state index contributed by atoms with van der Waals surface area (Å²) < 4.78 is 0. The molecular weight excluding hydrogens is 262 g/mol. The van der Waals surface area contributed by atoms with Crippen LogP contribution in [0, 0.1) is 0 Å². The lowest BCUT2D eigenvalue weighted by Gasteiger charge is -2.23. The number of benzene rings is 1. The number of fused-ring (bicyclic) bond motifs is 1. The number of hydrogen-bond acceptors (Lipinski definition) is 5. The molecule has 0 saturated carbocycles. The number of nitrogens with two attached hydrogens (primary N) is 1. The number of rotatable bonds is 4. The van der Waals surface area contributed by atoms with Gasteiger partial charge < -0.3 is 15.5 Å². The monoisotopic (exact) mass is 285 g/mol. The van der Waals surface area contributed by atoms with Gasteiger partial charge in [-0.1, -0.05) is 12.1 Å². The van der Waals surface area contributed by atoms with Crippen LogP contribution in [0.15, 0.2) is 30.6 Å². The third kappa shape index (κ3) is 3.31. The summed E-state index contributed by atoms with van der Waals surface area (Å²) in [6.07, 6.45) is 3.92. The molecular formula is C16H23N5. The van der Waals surface area contributed by atoms with E-state index in [4.69, 9.17) is 5.73 Å². The zero-order valence-electron chi connectivity index (χ0n) is 12.4. The summed E-state index contributed by atoms with van der Waals surface area (Å²) in [6.45, 7) is 6.19. The van der Waals surface area contributed by atoms with Gasteiger partial charge in [0.15, 0.2) is 0 Å². The van der Waals surface area contributed by atoms with Crippen molar-refractivity contribution in [3.63, 3.8) is 0 Å². The van der Waals surface area contributed by atoms with Crippen molar-refractivity contribution in [1.82, 2.24) is 14.9 Å². The van der Waals surface area contributed by atoms with E-state index < -0.39 is 0 Å². The molecule has 112 valence electrons. The Kier molecular flexibility index (Phi) is 4.62. The van der Waals surface area contributed by atoms with Gasteiger partial charge in [-0.05, 0) is 44.6 Å². The van der Waals surface area contributed by atoms with Crippen molar-refractivity contribution in [2.24, 2.45) is 5.73 Å². The van der Waals surface area contributed by atoms with Crippen molar-refractivity contribution >= 4 is 16.7 Å².